The van der Waals surface area contributed by atoms with Gasteiger partial charge in [-0.25, -0.2) is 0 Å². The largest absolute Gasteiger partial charge is 0.497 e. The number of hydrogen-bond donors (Lipinski definition) is 1. The fraction of sp³-hybridized carbons (Fsp3) is 0.462. The molecule has 1 unspecified atom stereocenters. The second kappa shape index (κ2) is 5.84. The molecule has 1 aliphatic rings. The molecule has 0 aromatic heterocycles. The van der Waals surface area contributed by atoms with E-state index in [9.17, 15) is 4.79 Å². The number of amides is 1. The number of hydrogen-bond acceptors (Lipinski definition) is 4. The summed E-state index contributed by atoms with van der Waals surface area (Å²) in [6, 6.07) is 7.41. The highest BCUT2D eigenvalue weighted by atomic mass is 16.5. The average molecular weight is 250 g/mol. The first kappa shape index (κ1) is 12.9. The number of morpholine rings is 1. The first-order valence-corrected chi connectivity index (χ1v) is 5.96. The Hall–Kier alpha value is -1.59. The van der Waals surface area contributed by atoms with Gasteiger partial charge < -0.3 is 19.7 Å². The molecule has 0 radical (unpaired) electrons. The monoisotopic (exact) mass is 250 g/mol. The van der Waals surface area contributed by atoms with Gasteiger partial charge in [-0.15, -0.1) is 0 Å². The molecule has 1 heterocycles. The summed E-state index contributed by atoms with van der Waals surface area (Å²) in [5.41, 5.74) is 0.800. The Morgan fingerprint density at radius 1 is 1.56 bits per heavy atom. The summed E-state index contributed by atoms with van der Waals surface area (Å²) < 4.78 is 10.6. The van der Waals surface area contributed by atoms with Crippen molar-refractivity contribution in [2.24, 2.45) is 0 Å². The van der Waals surface area contributed by atoms with Crippen molar-refractivity contribution in [2.45, 2.75) is 6.10 Å². The van der Waals surface area contributed by atoms with E-state index in [4.69, 9.17) is 9.47 Å². The number of ether oxygens (including phenoxy) is 2. The molecule has 1 amide bonds. The number of rotatable bonds is 3. The fourth-order valence-corrected chi connectivity index (χ4v) is 1.89. The highest BCUT2D eigenvalue weighted by Gasteiger charge is 2.25. The van der Waals surface area contributed by atoms with Crippen LogP contribution in [0.4, 0.5) is 5.69 Å². The van der Waals surface area contributed by atoms with Crippen LogP contribution in [0.3, 0.4) is 0 Å². The number of carbonyl (C=O) groups is 1. The van der Waals surface area contributed by atoms with Crippen LogP contribution in [0.25, 0.3) is 0 Å². The first-order chi connectivity index (χ1) is 8.72. The normalized spacial score (nSPS) is 19.3. The van der Waals surface area contributed by atoms with Crippen molar-refractivity contribution >= 4 is 11.6 Å². The molecule has 1 aromatic rings. The zero-order valence-corrected chi connectivity index (χ0v) is 10.7. The van der Waals surface area contributed by atoms with E-state index in [0.29, 0.717) is 13.2 Å². The van der Waals surface area contributed by atoms with Crippen molar-refractivity contribution in [3.05, 3.63) is 24.3 Å². The predicted molar refractivity (Wildman–Crippen MR) is 69.0 cm³/mol. The van der Waals surface area contributed by atoms with Crippen LogP contribution in [0.1, 0.15) is 0 Å². The lowest BCUT2D eigenvalue weighted by atomic mass is 10.2. The van der Waals surface area contributed by atoms with Crippen molar-refractivity contribution in [1.82, 2.24) is 5.32 Å². The smallest absolute Gasteiger partial charge is 0.257 e. The lowest BCUT2D eigenvalue weighted by Crippen LogP contribution is -2.48. The Balaban J connectivity index is 2.09. The minimum Gasteiger partial charge on any atom is -0.497 e. The Bertz CT molecular complexity index is 416. The number of nitrogens with one attached hydrogen (secondary N) is 1. The van der Waals surface area contributed by atoms with Crippen molar-refractivity contribution in [3.63, 3.8) is 0 Å². The fourth-order valence-electron chi connectivity index (χ4n) is 1.89. The molecule has 1 atom stereocenters. The molecule has 18 heavy (non-hydrogen) atoms. The zero-order chi connectivity index (χ0) is 13.0. The van der Waals surface area contributed by atoms with Gasteiger partial charge in [-0.1, -0.05) is 6.07 Å². The van der Waals surface area contributed by atoms with Crippen LogP contribution in [0.15, 0.2) is 24.3 Å². The van der Waals surface area contributed by atoms with E-state index in [0.717, 1.165) is 18.0 Å². The van der Waals surface area contributed by atoms with Crippen LogP contribution >= 0.6 is 0 Å². The van der Waals surface area contributed by atoms with Crippen molar-refractivity contribution in [1.29, 1.82) is 0 Å². The molecule has 1 N–H and O–H groups in total. The van der Waals surface area contributed by atoms with Gasteiger partial charge in [0.05, 0.1) is 13.7 Å². The van der Waals surface area contributed by atoms with Crippen LogP contribution < -0.4 is 15.0 Å². The molecule has 1 aromatic carbocycles. The molecule has 5 nitrogen and oxygen atoms in total. The minimum atomic E-state index is -0.407. The molecule has 1 aliphatic heterocycles. The Labute approximate surface area is 107 Å². The third-order valence-electron chi connectivity index (χ3n) is 2.97. The topological polar surface area (TPSA) is 50.8 Å². The van der Waals surface area contributed by atoms with Crippen LogP contribution in [0.5, 0.6) is 5.75 Å². The summed E-state index contributed by atoms with van der Waals surface area (Å²) in [6.45, 7) is 1.93. The van der Waals surface area contributed by atoms with E-state index >= 15 is 0 Å². The van der Waals surface area contributed by atoms with E-state index < -0.39 is 6.10 Å². The lowest BCUT2D eigenvalue weighted by Gasteiger charge is -2.27. The zero-order valence-electron chi connectivity index (χ0n) is 10.7. The number of benzene rings is 1. The van der Waals surface area contributed by atoms with E-state index in [1.54, 1.807) is 19.1 Å². The van der Waals surface area contributed by atoms with Gasteiger partial charge in [0.15, 0.2) is 0 Å². The second-order valence-electron chi connectivity index (χ2n) is 4.16. The Kier molecular flexibility index (Phi) is 4.17. The van der Waals surface area contributed by atoms with Gasteiger partial charge in [-0.2, -0.15) is 0 Å². The SMILES string of the molecule is COc1cccc(N(C)C(=O)C2CNCCO2)c1. The first-order valence-electron chi connectivity index (χ1n) is 5.96. The molecule has 0 bridgehead atoms. The Morgan fingerprint density at radius 2 is 2.39 bits per heavy atom. The molecular formula is C13H18N2O3. The molecule has 0 spiro atoms. The van der Waals surface area contributed by atoms with Gasteiger partial charge in [-0.3, -0.25) is 4.79 Å². The van der Waals surface area contributed by atoms with E-state index in [2.05, 4.69) is 5.32 Å². The number of likely N-dealkylation sites (N-methyl/N-ethyl adjacent to an activating group) is 1. The summed E-state index contributed by atoms with van der Waals surface area (Å²) in [5.74, 6) is 0.685. The highest BCUT2D eigenvalue weighted by Crippen LogP contribution is 2.20. The Morgan fingerprint density at radius 3 is 3.06 bits per heavy atom. The summed E-state index contributed by atoms with van der Waals surface area (Å²) >= 11 is 0. The molecule has 5 heteroatoms. The third kappa shape index (κ3) is 2.80. The summed E-state index contributed by atoms with van der Waals surface area (Å²) in [6.07, 6.45) is -0.407. The second-order valence-corrected chi connectivity index (χ2v) is 4.16. The van der Waals surface area contributed by atoms with E-state index in [1.807, 2.05) is 24.3 Å². The predicted octanol–water partition coefficient (Wildman–Crippen LogP) is 0.646. The van der Waals surface area contributed by atoms with Crippen LogP contribution in [0, 0.1) is 0 Å². The van der Waals surface area contributed by atoms with Gasteiger partial charge in [0, 0.05) is 31.9 Å². The van der Waals surface area contributed by atoms with Gasteiger partial charge >= 0.3 is 0 Å². The standard InChI is InChI=1S/C13H18N2O3/c1-15(10-4-3-5-11(8-10)17-2)13(16)12-9-14-6-7-18-12/h3-5,8,12,14H,6-7,9H2,1-2H3. The molecule has 0 saturated carbocycles. The third-order valence-corrected chi connectivity index (χ3v) is 2.97. The maximum atomic E-state index is 12.2. The van der Waals surface area contributed by atoms with E-state index in [1.165, 1.54) is 0 Å². The summed E-state index contributed by atoms with van der Waals surface area (Å²) in [4.78, 5) is 13.8. The highest BCUT2D eigenvalue weighted by molar-refractivity contribution is 5.96. The number of anilines is 1. The molecular weight excluding hydrogens is 232 g/mol. The minimum absolute atomic E-state index is 0.0459. The van der Waals surface area contributed by atoms with Gasteiger partial charge in [0.2, 0.25) is 0 Å². The molecule has 2 rings (SSSR count). The van der Waals surface area contributed by atoms with Crippen LogP contribution in [0.2, 0.25) is 0 Å². The molecule has 1 fully saturated rings. The van der Waals surface area contributed by atoms with Gasteiger partial charge in [0.25, 0.3) is 5.91 Å². The van der Waals surface area contributed by atoms with Gasteiger partial charge in [0.1, 0.15) is 11.9 Å². The number of methoxy groups -OCH3 is 1. The molecule has 1 saturated heterocycles. The molecule has 0 aliphatic carbocycles. The van der Waals surface area contributed by atoms with Crippen molar-refractivity contribution in [3.8, 4) is 5.75 Å². The maximum Gasteiger partial charge on any atom is 0.257 e. The summed E-state index contributed by atoms with van der Waals surface area (Å²) in [7, 11) is 3.35. The quantitative estimate of drug-likeness (QED) is 0.855. The van der Waals surface area contributed by atoms with Crippen LogP contribution in [-0.4, -0.2) is 45.9 Å². The lowest BCUT2D eigenvalue weighted by molar-refractivity contribution is -0.131. The van der Waals surface area contributed by atoms with Crippen molar-refractivity contribution in [2.75, 3.05) is 38.8 Å². The molecule has 98 valence electrons. The number of carbonyl (C=O) groups excluding carboxylic acids is 1. The average Bonchev–Trinajstić information content (AvgIpc) is 2.46. The van der Waals surface area contributed by atoms with Crippen LogP contribution in [-0.2, 0) is 9.53 Å². The number of nitrogens with zero attached hydrogens (tertiary/aromatic N) is 1. The van der Waals surface area contributed by atoms with Crippen molar-refractivity contribution < 1.29 is 14.3 Å². The summed E-state index contributed by atoms with van der Waals surface area (Å²) in [5, 5.41) is 3.15. The van der Waals surface area contributed by atoms with Gasteiger partial charge in [-0.05, 0) is 12.1 Å². The van der Waals surface area contributed by atoms with E-state index in [-0.39, 0.29) is 5.91 Å². The maximum absolute atomic E-state index is 12.2.